The van der Waals surface area contributed by atoms with Gasteiger partial charge in [0.25, 0.3) is 0 Å². The fourth-order valence-corrected chi connectivity index (χ4v) is 3.68. The standard InChI is InChI=1S/C24H33N5O3.C2H6/c1-18-20(11-12-21(30)27(5)19-9-7-6-8-10-19)22(26-17-25-18)28-13-15-29(16-14-28)23(31)32-24(2,3)4;1-2/h6-10,17H,11-16H2,1-5H3;1-2H3. The molecule has 1 saturated heterocycles. The number of carbonyl (C=O) groups excluding carboxylic acids is 2. The number of rotatable bonds is 5. The molecule has 0 radical (unpaired) electrons. The van der Waals surface area contributed by atoms with Gasteiger partial charge in [-0.25, -0.2) is 14.8 Å². The Morgan fingerprint density at radius 3 is 2.24 bits per heavy atom. The number of aryl methyl sites for hydroxylation is 1. The van der Waals surface area contributed by atoms with Crippen LogP contribution in [-0.2, 0) is 16.0 Å². The monoisotopic (exact) mass is 469 g/mol. The highest BCUT2D eigenvalue weighted by Crippen LogP contribution is 2.24. The molecule has 3 rings (SSSR count). The Labute approximate surface area is 203 Å². The molecular formula is C26H39N5O3. The Balaban J connectivity index is 0.00000199. The summed E-state index contributed by atoms with van der Waals surface area (Å²) in [7, 11) is 1.79. The summed E-state index contributed by atoms with van der Waals surface area (Å²) in [5.41, 5.74) is 2.22. The molecule has 1 aliphatic rings. The lowest BCUT2D eigenvalue weighted by molar-refractivity contribution is -0.118. The van der Waals surface area contributed by atoms with Crippen LogP contribution >= 0.6 is 0 Å². The molecule has 186 valence electrons. The van der Waals surface area contributed by atoms with Gasteiger partial charge in [-0.2, -0.15) is 0 Å². The second kappa shape index (κ2) is 12.3. The number of para-hydroxylation sites is 1. The minimum atomic E-state index is -0.509. The molecule has 1 aromatic heterocycles. The molecule has 2 amide bonds. The van der Waals surface area contributed by atoms with Crippen molar-refractivity contribution in [3.05, 3.63) is 47.9 Å². The van der Waals surface area contributed by atoms with E-state index in [-0.39, 0.29) is 12.0 Å². The Bertz CT molecular complexity index is 935. The number of carbonyl (C=O) groups is 2. The van der Waals surface area contributed by atoms with Crippen LogP contribution in [0.15, 0.2) is 36.7 Å². The zero-order chi connectivity index (χ0) is 25.3. The van der Waals surface area contributed by atoms with Gasteiger partial charge < -0.3 is 19.4 Å². The predicted molar refractivity (Wildman–Crippen MR) is 136 cm³/mol. The Morgan fingerprint density at radius 1 is 1.03 bits per heavy atom. The fraction of sp³-hybridized carbons (Fsp3) is 0.538. The average Bonchev–Trinajstić information content (AvgIpc) is 2.83. The van der Waals surface area contributed by atoms with Crippen LogP contribution in [0.5, 0.6) is 0 Å². The predicted octanol–water partition coefficient (Wildman–Crippen LogP) is 4.46. The van der Waals surface area contributed by atoms with Crippen LogP contribution in [0.1, 0.15) is 52.3 Å². The van der Waals surface area contributed by atoms with Gasteiger partial charge in [0.2, 0.25) is 5.91 Å². The largest absolute Gasteiger partial charge is 0.444 e. The summed E-state index contributed by atoms with van der Waals surface area (Å²) in [6.45, 7) is 14.0. The third kappa shape index (κ3) is 7.43. The third-order valence-electron chi connectivity index (χ3n) is 5.48. The zero-order valence-corrected chi connectivity index (χ0v) is 21.7. The van der Waals surface area contributed by atoms with Gasteiger partial charge in [-0.15, -0.1) is 0 Å². The van der Waals surface area contributed by atoms with Crippen molar-refractivity contribution in [2.24, 2.45) is 0 Å². The molecule has 0 N–H and O–H groups in total. The van der Waals surface area contributed by atoms with Gasteiger partial charge in [-0.1, -0.05) is 32.0 Å². The third-order valence-corrected chi connectivity index (χ3v) is 5.48. The maximum absolute atomic E-state index is 12.8. The maximum Gasteiger partial charge on any atom is 0.410 e. The normalized spacial score (nSPS) is 13.6. The van der Waals surface area contributed by atoms with Crippen molar-refractivity contribution in [2.45, 2.75) is 60.0 Å². The first-order chi connectivity index (χ1) is 16.2. The molecule has 0 spiro atoms. The highest BCUT2D eigenvalue weighted by Gasteiger charge is 2.27. The van der Waals surface area contributed by atoms with E-state index in [0.29, 0.717) is 39.0 Å². The van der Waals surface area contributed by atoms with Crippen molar-refractivity contribution in [1.82, 2.24) is 14.9 Å². The van der Waals surface area contributed by atoms with Gasteiger partial charge in [-0.05, 0) is 46.2 Å². The molecule has 0 atom stereocenters. The van der Waals surface area contributed by atoms with Crippen molar-refractivity contribution in [3.63, 3.8) is 0 Å². The van der Waals surface area contributed by atoms with Gasteiger partial charge in [0.1, 0.15) is 17.7 Å². The lowest BCUT2D eigenvalue weighted by Crippen LogP contribution is -2.50. The van der Waals surface area contributed by atoms with Gasteiger partial charge in [0.05, 0.1) is 0 Å². The van der Waals surface area contributed by atoms with E-state index >= 15 is 0 Å². The molecule has 0 saturated carbocycles. The highest BCUT2D eigenvalue weighted by molar-refractivity contribution is 5.92. The fourth-order valence-electron chi connectivity index (χ4n) is 3.68. The van der Waals surface area contributed by atoms with Crippen LogP contribution < -0.4 is 9.80 Å². The summed E-state index contributed by atoms with van der Waals surface area (Å²) in [5.74, 6) is 0.886. The number of ether oxygens (including phenoxy) is 1. The molecule has 0 bridgehead atoms. The maximum atomic E-state index is 12.8. The highest BCUT2D eigenvalue weighted by atomic mass is 16.6. The van der Waals surface area contributed by atoms with E-state index in [1.165, 1.54) is 0 Å². The topological polar surface area (TPSA) is 78.9 Å². The number of hydrogen-bond donors (Lipinski definition) is 0. The molecule has 1 aromatic carbocycles. The van der Waals surface area contributed by atoms with Crippen LogP contribution in [0.2, 0.25) is 0 Å². The summed E-state index contributed by atoms with van der Waals surface area (Å²) < 4.78 is 5.49. The first-order valence-corrected chi connectivity index (χ1v) is 12.0. The zero-order valence-electron chi connectivity index (χ0n) is 21.7. The molecule has 8 heteroatoms. The Kier molecular flexibility index (Phi) is 9.83. The van der Waals surface area contributed by atoms with Crippen LogP contribution in [0.4, 0.5) is 16.3 Å². The molecule has 0 aliphatic carbocycles. The van der Waals surface area contributed by atoms with E-state index in [1.54, 1.807) is 23.2 Å². The van der Waals surface area contributed by atoms with Crippen molar-refractivity contribution < 1.29 is 14.3 Å². The smallest absolute Gasteiger partial charge is 0.410 e. The van der Waals surface area contributed by atoms with Gasteiger partial charge in [0, 0.05) is 56.6 Å². The van der Waals surface area contributed by atoms with E-state index in [0.717, 1.165) is 22.8 Å². The molecule has 2 aromatic rings. The second-order valence-electron chi connectivity index (χ2n) is 9.00. The van der Waals surface area contributed by atoms with E-state index in [1.807, 2.05) is 71.9 Å². The van der Waals surface area contributed by atoms with Gasteiger partial charge in [-0.3, -0.25) is 4.79 Å². The summed E-state index contributed by atoms with van der Waals surface area (Å²) in [4.78, 5) is 39.6. The molecule has 34 heavy (non-hydrogen) atoms. The molecule has 1 aliphatic heterocycles. The summed E-state index contributed by atoms with van der Waals surface area (Å²) >= 11 is 0. The van der Waals surface area contributed by atoms with Gasteiger partial charge in [0.15, 0.2) is 0 Å². The minimum Gasteiger partial charge on any atom is -0.444 e. The molecule has 8 nitrogen and oxygen atoms in total. The number of hydrogen-bond acceptors (Lipinski definition) is 6. The lowest BCUT2D eigenvalue weighted by atomic mass is 10.1. The minimum absolute atomic E-state index is 0.0418. The quantitative estimate of drug-likeness (QED) is 0.643. The van der Waals surface area contributed by atoms with Crippen molar-refractivity contribution in [3.8, 4) is 0 Å². The van der Waals surface area contributed by atoms with Gasteiger partial charge >= 0.3 is 6.09 Å². The van der Waals surface area contributed by atoms with Crippen molar-refractivity contribution >= 4 is 23.5 Å². The SMILES string of the molecule is CC.Cc1ncnc(N2CCN(C(=O)OC(C)(C)C)CC2)c1CCC(=O)N(C)c1ccccc1. The summed E-state index contributed by atoms with van der Waals surface area (Å²) in [6, 6.07) is 9.61. The number of nitrogens with zero attached hydrogens (tertiary/aromatic N) is 5. The van der Waals surface area contributed by atoms with E-state index in [2.05, 4.69) is 14.9 Å². The number of benzene rings is 1. The van der Waals surface area contributed by atoms with Crippen molar-refractivity contribution in [1.29, 1.82) is 0 Å². The molecule has 2 heterocycles. The number of piperazine rings is 1. The lowest BCUT2D eigenvalue weighted by Gasteiger charge is -2.37. The number of anilines is 2. The summed E-state index contributed by atoms with van der Waals surface area (Å²) in [5, 5.41) is 0. The summed E-state index contributed by atoms with van der Waals surface area (Å²) in [6.07, 6.45) is 2.20. The first-order valence-electron chi connectivity index (χ1n) is 12.0. The van der Waals surface area contributed by atoms with Crippen LogP contribution in [-0.4, -0.2) is 65.7 Å². The van der Waals surface area contributed by atoms with E-state index in [4.69, 9.17) is 4.74 Å². The Hall–Kier alpha value is -3.16. The molecule has 0 unspecified atom stereocenters. The van der Waals surface area contributed by atoms with Crippen molar-refractivity contribution in [2.75, 3.05) is 43.0 Å². The van der Waals surface area contributed by atoms with E-state index < -0.39 is 5.60 Å². The second-order valence-corrected chi connectivity index (χ2v) is 9.00. The van der Waals surface area contributed by atoms with E-state index in [9.17, 15) is 9.59 Å². The molecule has 1 fully saturated rings. The number of aromatic nitrogens is 2. The van der Waals surface area contributed by atoms with Crippen LogP contribution in [0.25, 0.3) is 0 Å². The average molecular weight is 470 g/mol. The molecular weight excluding hydrogens is 430 g/mol. The van der Waals surface area contributed by atoms with Crippen LogP contribution in [0, 0.1) is 6.92 Å². The number of amides is 2. The van der Waals surface area contributed by atoms with Crippen LogP contribution in [0.3, 0.4) is 0 Å². The Morgan fingerprint density at radius 2 is 1.65 bits per heavy atom. The first kappa shape index (κ1) is 27.1.